The van der Waals surface area contributed by atoms with E-state index in [1.54, 1.807) is 6.08 Å². The van der Waals surface area contributed by atoms with E-state index >= 15 is 0 Å². The third-order valence-corrected chi connectivity index (χ3v) is 0.991. The molecule has 0 aromatic heterocycles. The smallest absolute Gasteiger partial charge is 0.361 e. The van der Waals surface area contributed by atoms with E-state index in [1.165, 1.54) is 0 Å². The van der Waals surface area contributed by atoms with E-state index in [0.29, 0.717) is 5.71 Å². The van der Waals surface area contributed by atoms with Crippen molar-refractivity contribution in [2.24, 2.45) is 0 Å². The van der Waals surface area contributed by atoms with Gasteiger partial charge in [-0.25, -0.2) is 0 Å². The molecule has 2 N–H and O–H groups in total. The molecule has 0 heterocycles. The molecule has 0 aliphatic heterocycles. The Bertz CT molecular complexity index is 354. The molecular weight excluding hydrogens is 196 g/mol. The Balaban J connectivity index is 0.000000252. The molecule has 0 saturated heterocycles. The zero-order chi connectivity index (χ0) is 10.3. The van der Waals surface area contributed by atoms with Gasteiger partial charge in [0.2, 0.25) is 0 Å². The second kappa shape index (κ2) is 5.39. The summed E-state index contributed by atoms with van der Waals surface area (Å²) in [6.45, 7) is 0. The van der Waals surface area contributed by atoms with Crippen molar-refractivity contribution in [3.8, 4) is 0 Å². The molecule has 0 amide bonds. The Hall–Kier alpha value is -1.27. The largest absolute Gasteiger partial charge is 0.394 e. The maximum atomic E-state index is 8.74. The van der Waals surface area contributed by atoms with Crippen molar-refractivity contribution in [1.29, 1.82) is 0 Å². The third kappa shape index (κ3) is 10.7. The van der Waals surface area contributed by atoms with Gasteiger partial charge < -0.3 is 5.53 Å². The average molecular weight is 204 g/mol. The SMILES string of the molecule is O=S(=O)(O)O.[N-]=[N+]=C1C=CC=CC1. The second-order valence-electron chi connectivity index (χ2n) is 2.03. The summed E-state index contributed by atoms with van der Waals surface area (Å²) < 4.78 is 31.6. The van der Waals surface area contributed by atoms with Crippen LogP contribution in [0.2, 0.25) is 0 Å². The van der Waals surface area contributed by atoms with Crippen LogP contribution >= 0.6 is 0 Å². The van der Waals surface area contributed by atoms with Crippen LogP contribution in [0.25, 0.3) is 5.53 Å². The van der Waals surface area contributed by atoms with Crippen LogP contribution in [-0.4, -0.2) is 28.0 Å². The number of hydrogen-bond donors (Lipinski definition) is 2. The highest BCUT2D eigenvalue weighted by molar-refractivity contribution is 7.79. The summed E-state index contributed by atoms with van der Waals surface area (Å²) in [6.07, 6.45) is 8.23. The van der Waals surface area contributed by atoms with Crippen LogP contribution < -0.4 is 0 Å². The van der Waals surface area contributed by atoms with Gasteiger partial charge in [-0.05, 0) is 0 Å². The highest BCUT2D eigenvalue weighted by Gasteiger charge is 1.99. The summed E-state index contributed by atoms with van der Waals surface area (Å²) in [4.78, 5) is 3.03. The number of hydrogen-bond acceptors (Lipinski definition) is 2. The lowest BCUT2D eigenvalue weighted by Crippen LogP contribution is -1.93. The summed E-state index contributed by atoms with van der Waals surface area (Å²) in [5, 5.41) is 0. The summed E-state index contributed by atoms with van der Waals surface area (Å²) in [7, 11) is -4.67. The Kier molecular flexibility index (Phi) is 4.86. The van der Waals surface area contributed by atoms with Crippen molar-refractivity contribution in [2.45, 2.75) is 6.42 Å². The fraction of sp³-hybridized carbons (Fsp3) is 0.167. The van der Waals surface area contributed by atoms with E-state index in [9.17, 15) is 0 Å². The average Bonchev–Trinajstić information content (AvgIpc) is 2.03. The van der Waals surface area contributed by atoms with Gasteiger partial charge in [-0.2, -0.15) is 13.2 Å². The van der Waals surface area contributed by atoms with Crippen molar-refractivity contribution >= 4 is 16.1 Å². The number of nitrogens with zero attached hydrogens (tertiary/aromatic N) is 2. The Morgan fingerprint density at radius 2 is 1.92 bits per heavy atom. The van der Waals surface area contributed by atoms with Crippen LogP contribution in [0.15, 0.2) is 24.3 Å². The molecule has 72 valence electrons. The van der Waals surface area contributed by atoms with Crippen LogP contribution in [0.4, 0.5) is 0 Å². The van der Waals surface area contributed by atoms with Gasteiger partial charge in [-0.15, -0.1) is 0 Å². The van der Waals surface area contributed by atoms with E-state index in [2.05, 4.69) is 4.79 Å². The molecule has 0 bridgehead atoms. The molecule has 1 rings (SSSR count). The minimum atomic E-state index is -4.67. The minimum absolute atomic E-state index is 0.715. The lowest BCUT2D eigenvalue weighted by Gasteiger charge is -1.85. The first-order valence-electron chi connectivity index (χ1n) is 3.17. The van der Waals surface area contributed by atoms with Crippen molar-refractivity contribution in [1.82, 2.24) is 0 Å². The van der Waals surface area contributed by atoms with Gasteiger partial charge in [0.05, 0.1) is 6.42 Å². The zero-order valence-corrected chi connectivity index (χ0v) is 7.35. The van der Waals surface area contributed by atoms with Gasteiger partial charge in [0.25, 0.3) is 5.71 Å². The molecule has 7 heteroatoms. The molecular formula is C6H8N2O4S. The fourth-order valence-electron chi connectivity index (χ4n) is 0.576. The van der Waals surface area contributed by atoms with Gasteiger partial charge in [0.15, 0.2) is 0 Å². The summed E-state index contributed by atoms with van der Waals surface area (Å²) in [5.74, 6) is 0. The molecule has 0 spiro atoms. The first-order chi connectivity index (χ1) is 5.93. The van der Waals surface area contributed by atoms with E-state index in [0.717, 1.165) is 6.42 Å². The third-order valence-electron chi connectivity index (χ3n) is 0.991. The van der Waals surface area contributed by atoms with E-state index in [4.69, 9.17) is 23.1 Å². The number of allylic oxidation sites excluding steroid dienone is 4. The van der Waals surface area contributed by atoms with Gasteiger partial charge in [0, 0.05) is 6.08 Å². The van der Waals surface area contributed by atoms with Crippen LogP contribution in [0.1, 0.15) is 6.42 Å². The lowest BCUT2D eigenvalue weighted by molar-refractivity contribution is -0.00537. The highest BCUT2D eigenvalue weighted by atomic mass is 32.3. The molecule has 0 unspecified atom stereocenters. The summed E-state index contributed by atoms with van der Waals surface area (Å²) >= 11 is 0. The monoisotopic (exact) mass is 204 g/mol. The van der Waals surface area contributed by atoms with Crippen molar-refractivity contribution in [3.05, 3.63) is 29.8 Å². The van der Waals surface area contributed by atoms with E-state index in [-0.39, 0.29) is 0 Å². The normalized spacial score (nSPS) is 14.5. The molecule has 0 aromatic carbocycles. The molecule has 0 aromatic rings. The van der Waals surface area contributed by atoms with E-state index in [1.807, 2.05) is 18.2 Å². The van der Waals surface area contributed by atoms with Crippen LogP contribution in [0, 0.1) is 0 Å². The van der Waals surface area contributed by atoms with Gasteiger partial charge >= 0.3 is 10.4 Å². The molecule has 0 atom stereocenters. The molecule has 0 saturated carbocycles. The van der Waals surface area contributed by atoms with Gasteiger partial charge in [-0.1, -0.05) is 18.2 Å². The first kappa shape index (κ1) is 11.7. The van der Waals surface area contributed by atoms with Gasteiger partial charge in [0.1, 0.15) is 0 Å². The highest BCUT2D eigenvalue weighted by Crippen LogP contribution is 1.94. The first-order valence-corrected chi connectivity index (χ1v) is 4.57. The second-order valence-corrected chi connectivity index (χ2v) is 2.93. The Morgan fingerprint density at radius 3 is 2.15 bits per heavy atom. The maximum absolute atomic E-state index is 8.74. The standard InChI is InChI=1S/C6H6N2.H2O4S/c7-8-6-4-2-1-3-5-6;1-5(2,3)4/h1-4H,5H2;(H2,1,2,3,4). The molecule has 13 heavy (non-hydrogen) atoms. The predicted octanol–water partition coefficient (Wildman–Crippen LogP) is 0.520. The van der Waals surface area contributed by atoms with Crippen LogP contribution in [-0.2, 0) is 10.4 Å². The molecule has 1 aliphatic rings. The van der Waals surface area contributed by atoms with Crippen molar-refractivity contribution < 1.29 is 22.3 Å². The lowest BCUT2D eigenvalue weighted by atomic mass is 10.2. The summed E-state index contributed by atoms with van der Waals surface area (Å²) in [6, 6.07) is 0. The molecule has 0 fully saturated rings. The molecule has 1 aliphatic carbocycles. The Labute approximate surface area is 75.4 Å². The maximum Gasteiger partial charge on any atom is 0.394 e. The number of rotatable bonds is 0. The zero-order valence-electron chi connectivity index (χ0n) is 6.53. The quantitative estimate of drug-likeness (QED) is 0.340. The Morgan fingerprint density at radius 1 is 1.38 bits per heavy atom. The van der Waals surface area contributed by atoms with E-state index < -0.39 is 10.4 Å². The van der Waals surface area contributed by atoms with Crippen molar-refractivity contribution in [3.63, 3.8) is 0 Å². The predicted molar refractivity (Wildman–Crippen MR) is 45.7 cm³/mol. The topological polar surface area (TPSA) is 111 Å². The summed E-state index contributed by atoms with van der Waals surface area (Å²) in [5.41, 5.74) is 8.91. The molecule has 0 radical (unpaired) electrons. The molecule has 6 nitrogen and oxygen atoms in total. The van der Waals surface area contributed by atoms with Crippen LogP contribution in [0.5, 0.6) is 0 Å². The van der Waals surface area contributed by atoms with Gasteiger partial charge in [-0.3, -0.25) is 9.11 Å². The van der Waals surface area contributed by atoms with Crippen molar-refractivity contribution in [2.75, 3.05) is 0 Å². The van der Waals surface area contributed by atoms with Crippen LogP contribution in [0.3, 0.4) is 0 Å². The fourth-order valence-corrected chi connectivity index (χ4v) is 0.576. The minimum Gasteiger partial charge on any atom is -0.361 e.